The average molecular weight is 233 g/mol. The van der Waals surface area contributed by atoms with Crippen molar-refractivity contribution in [3.8, 4) is 0 Å². The van der Waals surface area contributed by atoms with Gasteiger partial charge in [0.1, 0.15) is 0 Å². The molecule has 0 bridgehead atoms. The minimum absolute atomic E-state index is 0.417. The van der Waals surface area contributed by atoms with Gasteiger partial charge in [-0.1, -0.05) is 37.3 Å². The molecule has 17 heavy (non-hydrogen) atoms. The van der Waals surface area contributed by atoms with Crippen LogP contribution in [0, 0.1) is 0 Å². The van der Waals surface area contributed by atoms with Gasteiger partial charge in [0.2, 0.25) is 0 Å². The molecule has 0 unspecified atom stereocenters. The van der Waals surface area contributed by atoms with E-state index in [9.17, 15) is 0 Å². The number of nitrogens with zero attached hydrogens (tertiary/aromatic N) is 1. The lowest BCUT2D eigenvalue weighted by molar-refractivity contribution is -0.000246. The Hall–Kier alpha value is -0.860. The van der Waals surface area contributed by atoms with Crippen molar-refractivity contribution in [3.05, 3.63) is 35.9 Å². The summed E-state index contributed by atoms with van der Waals surface area (Å²) in [6.07, 6.45) is 4.21. The van der Waals surface area contributed by atoms with Crippen LogP contribution in [0.15, 0.2) is 30.3 Å². The normalized spacial score (nSPS) is 24.4. The van der Waals surface area contributed by atoms with Crippen molar-refractivity contribution in [2.24, 2.45) is 0 Å². The molecule has 0 saturated heterocycles. The Morgan fingerprint density at radius 2 is 2.00 bits per heavy atom. The van der Waals surface area contributed by atoms with Gasteiger partial charge in [-0.05, 0) is 38.4 Å². The number of ether oxygens (including phenoxy) is 1. The summed E-state index contributed by atoms with van der Waals surface area (Å²) >= 11 is 0. The highest BCUT2D eigenvalue weighted by atomic mass is 16.5. The van der Waals surface area contributed by atoms with E-state index in [2.05, 4.69) is 43.1 Å². The van der Waals surface area contributed by atoms with Crippen molar-refractivity contribution in [2.45, 2.75) is 44.9 Å². The lowest BCUT2D eigenvalue weighted by Crippen LogP contribution is -2.38. The minimum Gasteiger partial charge on any atom is -0.372 e. The summed E-state index contributed by atoms with van der Waals surface area (Å²) in [5.41, 5.74) is 1.28. The topological polar surface area (TPSA) is 12.5 Å². The maximum atomic E-state index is 6.08. The smallest absolute Gasteiger partial charge is 0.0734 e. The van der Waals surface area contributed by atoms with Gasteiger partial charge in [-0.2, -0.15) is 0 Å². The maximum Gasteiger partial charge on any atom is 0.0734 e. The molecule has 0 aliphatic heterocycles. The fourth-order valence-corrected chi connectivity index (χ4v) is 2.62. The minimum atomic E-state index is 0.417. The second-order valence-corrected chi connectivity index (χ2v) is 4.91. The van der Waals surface area contributed by atoms with Crippen LogP contribution in [0.25, 0.3) is 0 Å². The van der Waals surface area contributed by atoms with Crippen molar-refractivity contribution in [1.82, 2.24) is 4.90 Å². The highest BCUT2D eigenvalue weighted by Gasteiger charge is 2.30. The Morgan fingerprint density at radius 1 is 1.24 bits per heavy atom. The molecule has 1 fully saturated rings. The lowest BCUT2D eigenvalue weighted by atomic mass is 10.2. The number of benzene rings is 1. The predicted molar refractivity (Wildman–Crippen MR) is 71.0 cm³/mol. The van der Waals surface area contributed by atoms with Gasteiger partial charge in [-0.25, -0.2) is 0 Å². The Morgan fingerprint density at radius 3 is 2.71 bits per heavy atom. The summed E-state index contributed by atoms with van der Waals surface area (Å²) in [4.78, 5) is 2.42. The van der Waals surface area contributed by atoms with Crippen LogP contribution in [0.5, 0.6) is 0 Å². The van der Waals surface area contributed by atoms with Crippen LogP contribution in [-0.4, -0.2) is 30.6 Å². The lowest BCUT2D eigenvalue weighted by Gasteiger charge is -2.28. The predicted octanol–water partition coefficient (Wildman–Crippen LogP) is 3.08. The number of hydrogen-bond donors (Lipinski definition) is 0. The van der Waals surface area contributed by atoms with Crippen LogP contribution in [0.1, 0.15) is 31.7 Å². The molecule has 2 atom stereocenters. The van der Waals surface area contributed by atoms with Crippen molar-refractivity contribution >= 4 is 0 Å². The molecule has 0 N–H and O–H groups in total. The van der Waals surface area contributed by atoms with E-state index in [-0.39, 0.29) is 0 Å². The first-order chi connectivity index (χ1) is 8.31. The Bertz CT molecular complexity index is 325. The molecule has 0 radical (unpaired) electrons. The van der Waals surface area contributed by atoms with Gasteiger partial charge in [-0.3, -0.25) is 0 Å². The first kappa shape index (κ1) is 12.6. The first-order valence-electron chi connectivity index (χ1n) is 6.67. The summed E-state index contributed by atoms with van der Waals surface area (Å²) in [6.45, 7) is 4.07. The van der Waals surface area contributed by atoms with Gasteiger partial charge < -0.3 is 9.64 Å². The van der Waals surface area contributed by atoms with Gasteiger partial charge in [-0.15, -0.1) is 0 Å². The van der Waals surface area contributed by atoms with Crippen LogP contribution in [0.2, 0.25) is 0 Å². The zero-order valence-electron chi connectivity index (χ0n) is 10.9. The summed E-state index contributed by atoms with van der Waals surface area (Å²) in [7, 11) is 2.20. The van der Waals surface area contributed by atoms with E-state index in [0.29, 0.717) is 12.1 Å². The molecule has 94 valence electrons. The quantitative estimate of drug-likeness (QED) is 0.775. The van der Waals surface area contributed by atoms with Gasteiger partial charge in [0.05, 0.1) is 12.7 Å². The average Bonchev–Trinajstić information content (AvgIpc) is 2.85. The Labute approximate surface area is 105 Å². The van der Waals surface area contributed by atoms with Crippen molar-refractivity contribution in [2.75, 3.05) is 13.6 Å². The molecular weight excluding hydrogens is 210 g/mol. The van der Waals surface area contributed by atoms with E-state index in [1.54, 1.807) is 0 Å². The van der Waals surface area contributed by atoms with Gasteiger partial charge >= 0.3 is 0 Å². The number of likely N-dealkylation sites (N-methyl/N-ethyl adjacent to an activating group) is 1. The van der Waals surface area contributed by atoms with Crippen LogP contribution in [0.4, 0.5) is 0 Å². The molecule has 2 rings (SSSR count). The van der Waals surface area contributed by atoms with Gasteiger partial charge in [0.25, 0.3) is 0 Å². The highest BCUT2D eigenvalue weighted by molar-refractivity contribution is 5.13. The van der Waals surface area contributed by atoms with Crippen LogP contribution in [-0.2, 0) is 11.3 Å². The fraction of sp³-hybridized carbons (Fsp3) is 0.600. The second-order valence-electron chi connectivity index (χ2n) is 4.91. The second kappa shape index (κ2) is 6.18. The SMILES string of the molecule is CCN(C)[C@H]1CCC[C@@H]1OCc1ccccc1. The summed E-state index contributed by atoms with van der Waals surface area (Å²) in [6, 6.07) is 11.1. The molecule has 2 heteroatoms. The number of hydrogen-bond acceptors (Lipinski definition) is 2. The molecule has 0 amide bonds. The molecule has 1 aromatic carbocycles. The largest absolute Gasteiger partial charge is 0.372 e. The van der Waals surface area contributed by atoms with Gasteiger partial charge in [0, 0.05) is 6.04 Å². The van der Waals surface area contributed by atoms with Gasteiger partial charge in [0.15, 0.2) is 0 Å². The molecule has 0 heterocycles. The molecule has 1 aliphatic carbocycles. The van der Waals surface area contributed by atoms with E-state index in [4.69, 9.17) is 4.74 Å². The zero-order chi connectivity index (χ0) is 12.1. The Kier molecular flexibility index (Phi) is 4.57. The molecule has 1 aromatic rings. The molecule has 0 aromatic heterocycles. The van der Waals surface area contributed by atoms with Crippen molar-refractivity contribution in [3.63, 3.8) is 0 Å². The van der Waals surface area contributed by atoms with Crippen molar-refractivity contribution in [1.29, 1.82) is 0 Å². The molecule has 0 spiro atoms. The van der Waals surface area contributed by atoms with E-state index in [1.165, 1.54) is 24.8 Å². The Balaban J connectivity index is 1.86. The van der Waals surface area contributed by atoms with E-state index in [0.717, 1.165) is 13.2 Å². The third-order valence-corrected chi connectivity index (χ3v) is 3.79. The molecule has 1 saturated carbocycles. The maximum absolute atomic E-state index is 6.08. The summed E-state index contributed by atoms with van der Waals surface area (Å²) < 4.78 is 6.08. The van der Waals surface area contributed by atoms with Crippen LogP contribution >= 0.6 is 0 Å². The summed E-state index contributed by atoms with van der Waals surface area (Å²) in [5, 5.41) is 0. The van der Waals surface area contributed by atoms with E-state index >= 15 is 0 Å². The monoisotopic (exact) mass is 233 g/mol. The molecule has 2 nitrogen and oxygen atoms in total. The van der Waals surface area contributed by atoms with Crippen LogP contribution in [0.3, 0.4) is 0 Å². The van der Waals surface area contributed by atoms with E-state index in [1.807, 2.05) is 6.07 Å². The molecule has 1 aliphatic rings. The van der Waals surface area contributed by atoms with E-state index < -0.39 is 0 Å². The standard InChI is InChI=1S/C15H23NO/c1-3-16(2)14-10-7-11-15(14)17-12-13-8-5-4-6-9-13/h4-6,8-9,14-15H,3,7,10-12H2,1-2H3/t14-,15-/m0/s1. The zero-order valence-corrected chi connectivity index (χ0v) is 10.9. The van der Waals surface area contributed by atoms with Crippen LogP contribution < -0.4 is 0 Å². The summed E-state index contributed by atoms with van der Waals surface area (Å²) in [5.74, 6) is 0. The third-order valence-electron chi connectivity index (χ3n) is 3.79. The molecular formula is C15H23NO. The highest BCUT2D eigenvalue weighted by Crippen LogP contribution is 2.26. The fourth-order valence-electron chi connectivity index (χ4n) is 2.62. The van der Waals surface area contributed by atoms with Crippen molar-refractivity contribution < 1.29 is 4.74 Å². The number of rotatable bonds is 5. The third kappa shape index (κ3) is 3.30. The first-order valence-corrected chi connectivity index (χ1v) is 6.67.